The zero-order valence-electron chi connectivity index (χ0n) is 10.8. The molecular formula is C13H21F3O2. The quantitative estimate of drug-likeness (QED) is 0.729. The van der Waals surface area contributed by atoms with Gasteiger partial charge in [0, 0.05) is 20.0 Å². The number of methoxy groups -OCH3 is 1. The molecule has 0 aromatic rings. The van der Waals surface area contributed by atoms with Crippen LogP contribution in [0.5, 0.6) is 0 Å². The molecule has 0 spiro atoms. The second-order valence-electron chi connectivity index (χ2n) is 4.99. The summed E-state index contributed by atoms with van der Waals surface area (Å²) < 4.78 is 41.2. The van der Waals surface area contributed by atoms with Crippen LogP contribution < -0.4 is 0 Å². The molecule has 0 aromatic carbocycles. The van der Waals surface area contributed by atoms with Gasteiger partial charge < -0.3 is 4.74 Å². The van der Waals surface area contributed by atoms with Crippen molar-refractivity contribution in [3.8, 4) is 0 Å². The van der Waals surface area contributed by atoms with Gasteiger partial charge >= 0.3 is 6.18 Å². The first kappa shape index (κ1) is 15.5. The molecule has 0 bridgehead atoms. The van der Waals surface area contributed by atoms with Crippen LogP contribution in [0, 0.1) is 5.92 Å². The predicted octanol–water partition coefficient (Wildman–Crippen LogP) is 3.88. The highest BCUT2D eigenvalue weighted by Crippen LogP contribution is 2.29. The average Bonchev–Trinajstić information content (AvgIpc) is 2.29. The Balaban J connectivity index is 2.37. The molecule has 1 saturated carbocycles. The number of ether oxygens (including phenoxy) is 1. The molecule has 0 heterocycles. The third-order valence-electron chi connectivity index (χ3n) is 3.53. The van der Waals surface area contributed by atoms with E-state index in [4.69, 9.17) is 4.74 Å². The van der Waals surface area contributed by atoms with Gasteiger partial charge in [-0.15, -0.1) is 0 Å². The molecule has 0 radical (unpaired) electrons. The third kappa shape index (κ3) is 5.38. The zero-order valence-corrected chi connectivity index (χ0v) is 10.8. The number of hydrogen-bond acceptors (Lipinski definition) is 2. The molecule has 0 saturated heterocycles. The van der Waals surface area contributed by atoms with E-state index in [1.807, 2.05) is 0 Å². The summed E-state index contributed by atoms with van der Waals surface area (Å²) in [5.74, 6) is 0.0239. The van der Waals surface area contributed by atoms with Crippen molar-refractivity contribution in [2.45, 2.75) is 63.6 Å². The van der Waals surface area contributed by atoms with E-state index >= 15 is 0 Å². The number of ketones is 1. The highest BCUT2D eigenvalue weighted by Gasteiger charge is 2.31. The Morgan fingerprint density at radius 3 is 2.39 bits per heavy atom. The van der Waals surface area contributed by atoms with E-state index in [1.165, 1.54) is 13.5 Å². The molecule has 0 aliphatic heterocycles. The van der Waals surface area contributed by atoms with Crippen LogP contribution >= 0.6 is 0 Å². The molecule has 0 amide bonds. The van der Waals surface area contributed by atoms with Crippen molar-refractivity contribution in [3.05, 3.63) is 0 Å². The lowest BCUT2D eigenvalue weighted by Gasteiger charge is -2.28. The molecule has 5 heteroatoms. The van der Waals surface area contributed by atoms with Crippen LogP contribution in [-0.2, 0) is 9.53 Å². The number of Topliss-reactive ketones (excluding diaryl/α,β-unsaturated/α-hetero) is 1. The Labute approximate surface area is 106 Å². The van der Waals surface area contributed by atoms with Gasteiger partial charge in [0.1, 0.15) is 6.10 Å². The first-order valence-corrected chi connectivity index (χ1v) is 6.56. The lowest BCUT2D eigenvalue weighted by Crippen LogP contribution is -2.33. The molecule has 1 unspecified atom stereocenters. The van der Waals surface area contributed by atoms with Crippen molar-refractivity contribution in [1.82, 2.24) is 0 Å². The second-order valence-corrected chi connectivity index (χ2v) is 4.99. The SMILES string of the molecule is COC(C(=O)CCCC(F)(F)F)C1CCCCC1. The summed E-state index contributed by atoms with van der Waals surface area (Å²) >= 11 is 0. The van der Waals surface area contributed by atoms with Crippen molar-refractivity contribution in [3.63, 3.8) is 0 Å². The molecular weight excluding hydrogens is 245 g/mol. The van der Waals surface area contributed by atoms with Crippen molar-refractivity contribution in [1.29, 1.82) is 0 Å². The number of carbonyl (C=O) groups excluding carboxylic acids is 1. The monoisotopic (exact) mass is 266 g/mol. The van der Waals surface area contributed by atoms with Crippen LogP contribution in [0.3, 0.4) is 0 Å². The molecule has 0 N–H and O–H groups in total. The Bertz CT molecular complexity index is 257. The number of carbonyl (C=O) groups is 1. The number of hydrogen-bond donors (Lipinski definition) is 0. The highest BCUT2D eigenvalue weighted by molar-refractivity contribution is 5.83. The van der Waals surface area contributed by atoms with Gasteiger partial charge in [0.05, 0.1) is 0 Å². The predicted molar refractivity (Wildman–Crippen MR) is 62.3 cm³/mol. The lowest BCUT2D eigenvalue weighted by atomic mass is 9.83. The smallest absolute Gasteiger partial charge is 0.373 e. The zero-order chi connectivity index (χ0) is 13.6. The van der Waals surface area contributed by atoms with Gasteiger partial charge in [0.2, 0.25) is 0 Å². The molecule has 18 heavy (non-hydrogen) atoms. The molecule has 2 nitrogen and oxygen atoms in total. The highest BCUT2D eigenvalue weighted by atomic mass is 19.4. The molecule has 1 fully saturated rings. The number of rotatable bonds is 6. The minimum atomic E-state index is -4.17. The topological polar surface area (TPSA) is 26.3 Å². The van der Waals surface area contributed by atoms with Crippen molar-refractivity contribution < 1.29 is 22.7 Å². The first-order chi connectivity index (χ1) is 8.44. The fourth-order valence-electron chi connectivity index (χ4n) is 2.63. The summed E-state index contributed by atoms with van der Waals surface area (Å²) in [5, 5.41) is 0. The van der Waals surface area contributed by atoms with Crippen molar-refractivity contribution in [2.75, 3.05) is 7.11 Å². The van der Waals surface area contributed by atoms with E-state index < -0.39 is 18.7 Å². The van der Waals surface area contributed by atoms with Gasteiger partial charge in [-0.25, -0.2) is 0 Å². The third-order valence-corrected chi connectivity index (χ3v) is 3.53. The number of alkyl halides is 3. The summed E-state index contributed by atoms with van der Waals surface area (Å²) in [6.45, 7) is 0. The standard InChI is InChI=1S/C13H21F3O2/c1-18-12(10-6-3-2-4-7-10)11(17)8-5-9-13(14,15)16/h10,12H,2-9H2,1H3. The fourth-order valence-corrected chi connectivity index (χ4v) is 2.63. The molecule has 1 aliphatic rings. The van der Waals surface area contributed by atoms with Gasteiger partial charge in [-0.05, 0) is 25.2 Å². The fraction of sp³-hybridized carbons (Fsp3) is 0.923. The minimum absolute atomic E-state index is 0.0332. The largest absolute Gasteiger partial charge is 0.389 e. The van der Waals surface area contributed by atoms with Gasteiger partial charge in [0.15, 0.2) is 5.78 Å². The summed E-state index contributed by atoms with van der Waals surface area (Å²) in [4.78, 5) is 11.9. The number of halogens is 3. The van der Waals surface area contributed by atoms with E-state index in [2.05, 4.69) is 0 Å². The maximum absolute atomic E-state index is 12.0. The molecule has 1 atom stereocenters. The molecule has 1 aliphatic carbocycles. The molecule has 1 rings (SSSR count). The van der Waals surface area contributed by atoms with Gasteiger partial charge in [-0.2, -0.15) is 13.2 Å². The van der Waals surface area contributed by atoms with Crippen LogP contribution in [0.4, 0.5) is 13.2 Å². The lowest BCUT2D eigenvalue weighted by molar-refractivity contribution is -0.140. The van der Waals surface area contributed by atoms with Crippen LogP contribution in [0.15, 0.2) is 0 Å². The summed E-state index contributed by atoms with van der Waals surface area (Å²) in [7, 11) is 1.47. The minimum Gasteiger partial charge on any atom is -0.373 e. The van der Waals surface area contributed by atoms with Crippen molar-refractivity contribution in [2.24, 2.45) is 5.92 Å². The summed E-state index contributed by atoms with van der Waals surface area (Å²) in [5.41, 5.74) is 0. The van der Waals surface area contributed by atoms with Crippen LogP contribution in [0.2, 0.25) is 0 Å². The van der Waals surface area contributed by atoms with Gasteiger partial charge in [-0.3, -0.25) is 4.79 Å². The van der Waals surface area contributed by atoms with E-state index in [0.717, 1.165) is 25.7 Å². The van der Waals surface area contributed by atoms with E-state index in [1.54, 1.807) is 0 Å². The molecule has 106 valence electrons. The van der Waals surface area contributed by atoms with E-state index in [-0.39, 0.29) is 24.5 Å². The van der Waals surface area contributed by atoms with Crippen LogP contribution in [-0.4, -0.2) is 25.2 Å². The van der Waals surface area contributed by atoms with Gasteiger partial charge in [-0.1, -0.05) is 19.3 Å². The first-order valence-electron chi connectivity index (χ1n) is 6.56. The molecule has 0 aromatic heterocycles. The van der Waals surface area contributed by atoms with Crippen LogP contribution in [0.1, 0.15) is 51.4 Å². The van der Waals surface area contributed by atoms with Gasteiger partial charge in [0.25, 0.3) is 0 Å². The normalized spacial score (nSPS) is 19.8. The van der Waals surface area contributed by atoms with Crippen molar-refractivity contribution >= 4 is 5.78 Å². The maximum atomic E-state index is 12.0. The maximum Gasteiger partial charge on any atom is 0.389 e. The van der Waals surface area contributed by atoms with Crippen LogP contribution in [0.25, 0.3) is 0 Å². The Morgan fingerprint density at radius 2 is 1.89 bits per heavy atom. The van der Waals surface area contributed by atoms with E-state index in [0.29, 0.717) is 0 Å². The average molecular weight is 266 g/mol. The summed E-state index contributed by atoms with van der Waals surface area (Å²) in [6.07, 6.45) is -0.488. The second kappa shape index (κ2) is 7.12. The van der Waals surface area contributed by atoms with E-state index in [9.17, 15) is 18.0 Å². The summed E-state index contributed by atoms with van der Waals surface area (Å²) in [6, 6.07) is 0. The Kier molecular flexibility index (Phi) is 6.12. The Morgan fingerprint density at radius 1 is 1.28 bits per heavy atom. The Hall–Kier alpha value is -0.580.